The summed E-state index contributed by atoms with van der Waals surface area (Å²) in [6, 6.07) is 8.24. The van der Waals surface area contributed by atoms with E-state index in [1.54, 1.807) is 18.0 Å². The molecule has 0 radical (unpaired) electrons. The minimum atomic E-state index is 0.187. The maximum atomic E-state index is 5.21. The van der Waals surface area contributed by atoms with Crippen molar-refractivity contribution in [2.24, 2.45) is 10.8 Å². The Labute approximate surface area is 99.1 Å². The van der Waals surface area contributed by atoms with Crippen LogP contribution in [0, 0.1) is 6.92 Å². The molecular formula is C10H13N3S2. The molecule has 1 aromatic carbocycles. The molecule has 0 heterocycles. The zero-order valence-electron chi connectivity index (χ0n) is 8.43. The monoisotopic (exact) mass is 239 g/mol. The van der Waals surface area contributed by atoms with E-state index in [9.17, 15) is 0 Å². The quantitative estimate of drug-likeness (QED) is 0.365. The smallest absolute Gasteiger partial charge is 0.184 e. The summed E-state index contributed by atoms with van der Waals surface area (Å²) < 4.78 is 0. The lowest BCUT2D eigenvalue weighted by molar-refractivity contribution is 1.04. The van der Waals surface area contributed by atoms with Crippen LogP contribution in [0.25, 0.3) is 0 Å². The molecule has 15 heavy (non-hydrogen) atoms. The fraction of sp³-hybridized carbons (Fsp3) is 0.200. The van der Waals surface area contributed by atoms with Gasteiger partial charge < -0.3 is 5.73 Å². The summed E-state index contributed by atoms with van der Waals surface area (Å²) in [6.45, 7) is 2.09. The van der Waals surface area contributed by atoms with Crippen LogP contribution in [-0.4, -0.2) is 17.1 Å². The Morgan fingerprint density at radius 1 is 1.60 bits per heavy atom. The van der Waals surface area contributed by atoms with Crippen LogP contribution in [0.2, 0.25) is 0 Å². The van der Waals surface area contributed by atoms with E-state index in [1.165, 1.54) is 10.5 Å². The van der Waals surface area contributed by atoms with Gasteiger partial charge in [0.2, 0.25) is 0 Å². The summed E-state index contributed by atoms with van der Waals surface area (Å²) in [5.74, 6) is 0.792. The molecule has 0 aromatic heterocycles. The first-order valence-electron chi connectivity index (χ1n) is 4.45. The molecule has 0 aliphatic carbocycles. The van der Waals surface area contributed by atoms with Crippen LogP contribution in [0.1, 0.15) is 5.56 Å². The number of rotatable bonds is 4. The van der Waals surface area contributed by atoms with Gasteiger partial charge in [-0.15, -0.1) is 11.8 Å². The van der Waals surface area contributed by atoms with Gasteiger partial charge in [0.1, 0.15) is 0 Å². The predicted octanol–water partition coefficient (Wildman–Crippen LogP) is 1.91. The van der Waals surface area contributed by atoms with E-state index in [2.05, 4.69) is 41.8 Å². The van der Waals surface area contributed by atoms with Gasteiger partial charge in [-0.25, -0.2) is 0 Å². The molecule has 1 rings (SSSR count). The fourth-order valence-corrected chi connectivity index (χ4v) is 1.84. The van der Waals surface area contributed by atoms with Gasteiger partial charge >= 0.3 is 0 Å². The van der Waals surface area contributed by atoms with Crippen molar-refractivity contribution in [3.8, 4) is 0 Å². The van der Waals surface area contributed by atoms with Crippen LogP contribution >= 0.6 is 24.0 Å². The second-order valence-corrected chi connectivity index (χ2v) is 4.37. The van der Waals surface area contributed by atoms with Gasteiger partial charge in [0, 0.05) is 16.9 Å². The first kappa shape index (κ1) is 12.0. The molecule has 0 spiro atoms. The van der Waals surface area contributed by atoms with Crippen LogP contribution in [0.3, 0.4) is 0 Å². The van der Waals surface area contributed by atoms with E-state index in [-0.39, 0.29) is 5.11 Å². The fourth-order valence-electron chi connectivity index (χ4n) is 0.992. The van der Waals surface area contributed by atoms with Gasteiger partial charge in [-0.2, -0.15) is 5.10 Å². The van der Waals surface area contributed by atoms with E-state index >= 15 is 0 Å². The minimum Gasteiger partial charge on any atom is -0.375 e. The summed E-state index contributed by atoms with van der Waals surface area (Å²) in [6.07, 6.45) is 1.75. The van der Waals surface area contributed by atoms with Crippen molar-refractivity contribution in [3.63, 3.8) is 0 Å². The first-order chi connectivity index (χ1) is 7.20. The Hall–Kier alpha value is -1.07. The average Bonchev–Trinajstić information content (AvgIpc) is 2.20. The number of hydrogen-bond donors (Lipinski definition) is 2. The molecule has 0 atom stereocenters. The summed E-state index contributed by atoms with van der Waals surface area (Å²) in [7, 11) is 0. The van der Waals surface area contributed by atoms with Crippen LogP contribution in [0.15, 0.2) is 34.3 Å². The minimum absolute atomic E-state index is 0.187. The van der Waals surface area contributed by atoms with Crippen LogP contribution in [0.4, 0.5) is 0 Å². The summed E-state index contributed by atoms with van der Waals surface area (Å²) in [5.41, 5.74) is 9.00. The van der Waals surface area contributed by atoms with Crippen molar-refractivity contribution >= 4 is 35.3 Å². The van der Waals surface area contributed by atoms with Gasteiger partial charge in [-0.05, 0) is 30.8 Å². The van der Waals surface area contributed by atoms with E-state index < -0.39 is 0 Å². The molecule has 3 N–H and O–H groups in total. The highest BCUT2D eigenvalue weighted by Crippen LogP contribution is 2.20. The molecule has 3 nitrogen and oxygen atoms in total. The van der Waals surface area contributed by atoms with Crippen LogP contribution in [-0.2, 0) is 0 Å². The van der Waals surface area contributed by atoms with E-state index in [4.69, 9.17) is 5.73 Å². The summed E-state index contributed by atoms with van der Waals surface area (Å²) >= 11 is 6.33. The number of benzene rings is 1. The van der Waals surface area contributed by atoms with E-state index in [1.807, 2.05) is 12.1 Å². The molecule has 1 aromatic rings. The summed E-state index contributed by atoms with van der Waals surface area (Å²) in [5, 5.41) is 4.04. The lowest BCUT2D eigenvalue weighted by Gasteiger charge is -2.01. The largest absolute Gasteiger partial charge is 0.375 e. The lowest BCUT2D eigenvalue weighted by Crippen LogP contribution is -2.24. The first-order valence-corrected chi connectivity index (χ1v) is 5.85. The highest BCUT2D eigenvalue weighted by Gasteiger charge is 1.95. The third-order valence-electron chi connectivity index (χ3n) is 1.67. The Morgan fingerprint density at radius 3 is 3.00 bits per heavy atom. The predicted molar refractivity (Wildman–Crippen MR) is 70.3 cm³/mol. The van der Waals surface area contributed by atoms with Gasteiger partial charge in [-0.3, -0.25) is 5.43 Å². The summed E-state index contributed by atoms with van der Waals surface area (Å²) in [4.78, 5) is 1.26. The molecule has 0 aliphatic heterocycles. The molecule has 0 amide bonds. The topological polar surface area (TPSA) is 50.4 Å². The average molecular weight is 239 g/mol. The van der Waals surface area contributed by atoms with Gasteiger partial charge in [0.15, 0.2) is 5.11 Å². The maximum Gasteiger partial charge on any atom is 0.184 e. The molecule has 5 heteroatoms. The van der Waals surface area contributed by atoms with Gasteiger partial charge in [-0.1, -0.05) is 18.2 Å². The Morgan fingerprint density at radius 2 is 2.33 bits per heavy atom. The van der Waals surface area contributed by atoms with Crippen LogP contribution < -0.4 is 11.2 Å². The highest BCUT2D eigenvalue weighted by atomic mass is 32.2. The second-order valence-electron chi connectivity index (χ2n) is 2.86. The Balaban J connectivity index is 2.35. The van der Waals surface area contributed by atoms with E-state index in [0.717, 1.165) is 5.75 Å². The third kappa shape index (κ3) is 4.80. The van der Waals surface area contributed by atoms with Crippen LogP contribution in [0.5, 0.6) is 0 Å². The zero-order valence-corrected chi connectivity index (χ0v) is 10.1. The molecule has 0 unspecified atom stereocenters. The number of nitrogens with one attached hydrogen (secondary N) is 1. The molecule has 0 aliphatic rings. The Kier molecular flexibility index (Phi) is 5.14. The van der Waals surface area contributed by atoms with Crippen molar-refractivity contribution < 1.29 is 0 Å². The third-order valence-corrected chi connectivity index (χ3v) is 2.85. The number of thiocarbonyl (C=S) groups is 1. The molecule has 0 saturated heterocycles. The van der Waals surface area contributed by atoms with Crippen molar-refractivity contribution in [3.05, 3.63) is 29.8 Å². The maximum absolute atomic E-state index is 5.21. The standard InChI is InChI=1S/C10H13N3S2/c1-8-4-2-3-5-9(8)15-7-6-12-13-10(11)14/h2-6H,7H2,1H3,(H3,11,13,14)/b12-6+. The number of nitrogens with two attached hydrogens (primary N) is 1. The van der Waals surface area contributed by atoms with Crippen molar-refractivity contribution in [2.75, 3.05) is 5.75 Å². The number of hydrazone groups is 1. The number of hydrogen-bond acceptors (Lipinski definition) is 3. The number of nitrogens with zero attached hydrogens (tertiary/aromatic N) is 1. The lowest BCUT2D eigenvalue weighted by atomic mass is 10.2. The number of aryl methyl sites for hydroxylation is 1. The number of thioether (sulfide) groups is 1. The van der Waals surface area contributed by atoms with E-state index in [0.29, 0.717) is 0 Å². The molecule has 0 fully saturated rings. The molecular weight excluding hydrogens is 226 g/mol. The van der Waals surface area contributed by atoms with Gasteiger partial charge in [0.05, 0.1) is 0 Å². The Bertz CT molecular complexity index is 363. The van der Waals surface area contributed by atoms with Crippen molar-refractivity contribution in [1.29, 1.82) is 0 Å². The van der Waals surface area contributed by atoms with Gasteiger partial charge in [0.25, 0.3) is 0 Å². The van der Waals surface area contributed by atoms with Crippen molar-refractivity contribution in [1.82, 2.24) is 5.43 Å². The zero-order chi connectivity index (χ0) is 11.1. The molecule has 0 saturated carbocycles. The second kappa shape index (κ2) is 6.42. The molecule has 80 valence electrons. The SMILES string of the molecule is Cc1ccccc1SC/C=N/NC(N)=S. The van der Waals surface area contributed by atoms with Crippen molar-refractivity contribution in [2.45, 2.75) is 11.8 Å². The molecule has 0 bridgehead atoms. The normalized spacial score (nSPS) is 10.5. The highest BCUT2D eigenvalue weighted by molar-refractivity contribution is 8.00.